The van der Waals surface area contributed by atoms with Gasteiger partial charge >= 0.3 is 7.60 Å². The fourth-order valence-electron chi connectivity index (χ4n) is 4.07. The van der Waals surface area contributed by atoms with E-state index in [1.165, 1.54) is 77.0 Å². The normalized spacial score (nSPS) is 14.6. The smallest absolute Gasteiger partial charge is 0.362 e. The SMILES string of the molecule is C=CCCCCCCCCCCCCCCCCCC(O)(C[N+](C)(C)C)P(=O)(O)O. The highest BCUT2D eigenvalue weighted by molar-refractivity contribution is 7.53. The van der Waals surface area contributed by atoms with Gasteiger partial charge in [0, 0.05) is 0 Å². The molecule has 0 aliphatic heterocycles. The van der Waals surface area contributed by atoms with Gasteiger partial charge in [0.1, 0.15) is 6.54 Å². The summed E-state index contributed by atoms with van der Waals surface area (Å²) in [7, 11) is 0.980. The quantitative estimate of drug-likeness (QED) is 0.0824. The highest BCUT2D eigenvalue weighted by Crippen LogP contribution is 2.52. The van der Waals surface area contributed by atoms with Crippen molar-refractivity contribution in [2.24, 2.45) is 0 Å². The molecule has 180 valence electrons. The molecule has 1 unspecified atom stereocenters. The number of nitrogens with zero attached hydrogens (tertiary/aromatic N) is 1. The Morgan fingerprint density at radius 2 is 1.07 bits per heavy atom. The van der Waals surface area contributed by atoms with E-state index >= 15 is 0 Å². The van der Waals surface area contributed by atoms with Crippen LogP contribution in [0.3, 0.4) is 0 Å². The molecular weight excluding hydrogens is 397 g/mol. The van der Waals surface area contributed by atoms with Crippen LogP contribution >= 0.6 is 7.60 Å². The molecule has 0 heterocycles. The summed E-state index contributed by atoms with van der Waals surface area (Å²) in [5.41, 5.74) is 0. The summed E-state index contributed by atoms with van der Waals surface area (Å²) in [5, 5.41) is 8.62. The van der Waals surface area contributed by atoms with Crippen molar-refractivity contribution in [1.82, 2.24) is 0 Å². The molecule has 0 saturated carbocycles. The lowest BCUT2D eigenvalue weighted by atomic mass is 10.0. The lowest BCUT2D eigenvalue weighted by Gasteiger charge is -2.35. The Bertz CT molecular complexity index is 472. The van der Waals surface area contributed by atoms with Gasteiger partial charge in [0.15, 0.2) is 0 Å². The van der Waals surface area contributed by atoms with Crippen molar-refractivity contribution in [3.05, 3.63) is 12.7 Å². The molecule has 0 bridgehead atoms. The molecule has 5 nitrogen and oxygen atoms in total. The van der Waals surface area contributed by atoms with E-state index in [0.29, 0.717) is 10.9 Å². The number of allylic oxidation sites excluding steroid dienone is 1. The molecule has 0 aromatic rings. The number of aliphatic hydroxyl groups is 1. The Morgan fingerprint density at radius 1 is 0.733 bits per heavy atom. The molecule has 0 aromatic carbocycles. The molecule has 0 saturated heterocycles. The minimum atomic E-state index is -4.54. The average Bonchev–Trinajstić information content (AvgIpc) is 2.62. The van der Waals surface area contributed by atoms with Crippen LogP contribution in [0.25, 0.3) is 0 Å². The first-order chi connectivity index (χ1) is 14.0. The summed E-state index contributed by atoms with van der Waals surface area (Å²) in [5.74, 6) is 0. The molecule has 0 aliphatic rings. The van der Waals surface area contributed by atoms with Gasteiger partial charge in [-0.15, -0.1) is 6.58 Å². The maximum Gasteiger partial charge on any atom is 0.362 e. The van der Waals surface area contributed by atoms with Gasteiger partial charge in [0.2, 0.25) is 5.34 Å². The van der Waals surface area contributed by atoms with Gasteiger partial charge in [0.25, 0.3) is 0 Å². The van der Waals surface area contributed by atoms with E-state index in [1.54, 1.807) is 0 Å². The number of quaternary nitrogens is 1. The summed E-state index contributed by atoms with van der Waals surface area (Å²) >= 11 is 0. The number of unbranched alkanes of at least 4 members (excludes halogenated alkanes) is 15. The molecular formula is C24H51NO4P+. The molecule has 30 heavy (non-hydrogen) atoms. The summed E-state index contributed by atoms with van der Waals surface area (Å²) in [6.45, 7) is 3.82. The first-order valence-electron chi connectivity index (χ1n) is 12.2. The predicted molar refractivity (Wildman–Crippen MR) is 129 cm³/mol. The van der Waals surface area contributed by atoms with Crippen LogP contribution in [0.5, 0.6) is 0 Å². The van der Waals surface area contributed by atoms with Gasteiger partial charge in [0.05, 0.1) is 21.1 Å². The minimum absolute atomic E-state index is 0.0621. The number of likely N-dealkylation sites (N-methyl/N-ethyl adjacent to an activating group) is 1. The van der Waals surface area contributed by atoms with Crippen LogP contribution in [-0.2, 0) is 4.57 Å². The largest absolute Gasteiger partial charge is 0.373 e. The third-order valence-corrected chi connectivity index (χ3v) is 7.20. The van der Waals surface area contributed by atoms with Crippen molar-refractivity contribution in [3.63, 3.8) is 0 Å². The highest BCUT2D eigenvalue weighted by atomic mass is 31.2. The van der Waals surface area contributed by atoms with E-state index in [2.05, 4.69) is 6.58 Å². The molecule has 3 N–H and O–H groups in total. The molecule has 0 radical (unpaired) electrons. The van der Waals surface area contributed by atoms with Gasteiger partial charge < -0.3 is 19.4 Å². The summed E-state index contributed by atoms with van der Waals surface area (Å²) in [6.07, 6.45) is 21.9. The second-order valence-corrected chi connectivity index (χ2v) is 12.0. The summed E-state index contributed by atoms with van der Waals surface area (Å²) < 4.78 is 12.1. The fraction of sp³-hybridized carbons (Fsp3) is 0.917. The number of hydrogen-bond acceptors (Lipinski definition) is 2. The molecule has 0 aromatic heterocycles. The van der Waals surface area contributed by atoms with E-state index in [9.17, 15) is 19.5 Å². The molecule has 6 heteroatoms. The van der Waals surface area contributed by atoms with Crippen LogP contribution < -0.4 is 0 Å². The molecule has 0 fully saturated rings. The zero-order chi connectivity index (χ0) is 22.9. The van der Waals surface area contributed by atoms with E-state index < -0.39 is 12.9 Å². The monoisotopic (exact) mass is 448 g/mol. The number of hydrogen-bond donors (Lipinski definition) is 3. The average molecular weight is 449 g/mol. The van der Waals surface area contributed by atoms with Gasteiger partial charge in [-0.25, -0.2) is 0 Å². The third kappa shape index (κ3) is 16.5. The Balaban J connectivity index is 3.59. The van der Waals surface area contributed by atoms with Crippen molar-refractivity contribution in [2.75, 3.05) is 27.7 Å². The van der Waals surface area contributed by atoms with Crippen LogP contribution in [-0.4, -0.2) is 52.4 Å². The van der Waals surface area contributed by atoms with Crippen LogP contribution in [0.4, 0.5) is 0 Å². The summed E-state index contributed by atoms with van der Waals surface area (Å²) in [4.78, 5) is 19.2. The second-order valence-electron chi connectivity index (χ2n) is 10.1. The zero-order valence-electron chi connectivity index (χ0n) is 20.2. The van der Waals surface area contributed by atoms with Crippen molar-refractivity contribution >= 4 is 7.60 Å². The van der Waals surface area contributed by atoms with Crippen LogP contribution in [0.15, 0.2) is 12.7 Å². The van der Waals surface area contributed by atoms with Gasteiger partial charge in [-0.1, -0.05) is 89.5 Å². The Hall–Kier alpha value is -0.190. The standard InChI is InChI=1S/C24H50NO4P/c1-5-6-7-8-9-10-11-12-13-14-15-16-17-18-19-20-21-22-24(26,30(27,28)29)23-25(2,3)4/h5,26H,1,6-23H2,2-4H3,(H-,27,28,29)/p+1. The molecule has 0 amide bonds. The van der Waals surface area contributed by atoms with Crippen molar-refractivity contribution in [1.29, 1.82) is 0 Å². The Kier molecular flexibility index (Phi) is 16.3. The molecule has 0 spiro atoms. The van der Waals surface area contributed by atoms with Crippen molar-refractivity contribution in [2.45, 2.75) is 114 Å². The predicted octanol–water partition coefficient (Wildman–Crippen LogP) is 6.38. The van der Waals surface area contributed by atoms with Gasteiger partial charge in [-0.3, -0.25) is 4.57 Å². The van der Waals surface area contributed by atoms with Gasteiger partial charge in [-0.05, 0) is 25.7 Å². The van der Waals surface area contributed by atoms with Crippen molar-refractivity contribution in [3.8, 4) is 0 Å². The topological polar surface area (TPSA) is 77.8 Å². The van der Waals surface area contributed by atoms with Crippen LogP contribution in [0.2, 0.25) is 0 Å². The zero-order valence-corrected chi connectivity index (χ0v) is 21.1. The first-order valence-corrected chi connectivity index (χ1v) is 13.8. The van der Waals surface area contributed by atoms with E-state index in [-0.39, 0.29) is 13.0 Å². The lowest BCUT2D eigenvalue weighted by Crippen LogP contribution is -2.49. The van der Waals surface area contributed by atoms with Crippen molar-refractivity contribution < 1.29 is 23.9 Å². The maximum absolute atomic E-state index is 11.8. The van der Waals surface area contributed by atoms with E-state index in [0.717, 1.165) is 19.3 Å². The van der Waals surface area contributed by atoms with Gasteiger partial charge in [-0.2, -0.15) is 0 Å². The van der Waals surface area contributed by atoms with E-state index in [1.807, 2.05) is 27.2 Å². The maximum atomic E-state index is 11.8. The van der Waals surface area contributed by atoms with Crippen LogP contribution in [0, 0.1) is 0 Å². The third-order valence-electron chi connectivity index (χ3n) is 5.76. The summed E-state index contributed by atoms with van der Waals surface area (Å²) in [6, 6.07) is 0. The highest BCUT2D eigenvalue weighted by Gasteiger charge is 2.48. The Morgan fingerprint density at radius 3 is 1.37 bits per heavy atom. The Labute approximate surface area is 186 Å². The van der Waals surface area contributed by atoms with E-state index in [4.69, 9.17) is 0 Å². The fourth-order valence-corrected chi connectivity index (χ4v) is 5.13. The second kappa shape index (κ2) is 16.4. The molecule has 1 atom stereocenters. The first kappa shape index (κ1) is 29.8. The molecule has 0 rings (SSSR count). The van der Waals surface area contributed by atoms with Crippen LogP contribution in [0.1, 0.15) is 109 Å². The number of rotatable bonds is 21. The minimum Gasteiger partial charge on any atom is -0.373 e. The lowest BCUT2D eigenvalue weighted by molar-refractivity contribution is -0.875. The molecule has 0 aliphatic carbocycles.